The van der Waals surface area contributed by atoms with Gasteiger partial charge in [-0.3, -0.25) is 4.90 Å². The summed E-state index contributed by atoms with van der Waals surface area (Å²) in [5.41, 5.74) is 0.297. The van der Waals surface area contributed by atoms with Crippen LogP contribution in [0.3, 0.4) is 0 Å². The Morgan fingerprint density at radius 1 is 1.43 bits per heavy atom. The predicted molar refractivity (Wildman–Crippen MR) is 78.9 cm³/mol. The van der Waals surface area contributed by atoms with Crippen LogP contribution in [-0.2, 0) is 4.79 Å². The number of carboxylic acid groups (broad SMARTS) is 1. The van der Waals surface area contributed by atoms with Gasteiger partial charge in [-0.1, -0.05) is 0 Å². The molecule has 1 aliphatic carbocycles. The Kier molecular flexibility index (Phi) is 3.40. The summed E-state index contributed by atoms with van der Waals surface area (Å²) in [6, 6.07) is 5.35. The van der Waals surface area contributed by atoms with Gasteiger partial charge in [0.05, 0.1) is 0 Å². The molecule has 1 aromatic rings. The summed E-state index contributed by atoms with van der Waals surface area (Å²) in [7, 11) is 0. The van der Waals surface area contributed by atoms with Crippen molar-refractivity contribution in [3.8, 4) is 0 Å². The van der Waals surface area contributed by atoms with Crippen LogP contribution in [0, 0.1) is 12.7 Å². The van der Waals surface area contributed by atoms with Crippen molar-refractivity contribution in [2.75, 3.05) is 11.9 Å². The van der Waals surface area contributed by atoms with Crippen molar-refractivity contribution in [1.29, 1.82) is 0 Å². The topological polar surface area (TPSA) is 52.6 Å². The zero-order valence-corrected chi connectivity index (χ0v) is 12.4. The molecule has 0 spiro atoms. The molecule has 1 saturated carbocycles. The summed E-state index contributed by atoms with van der Waals surface area (Å²) in [4.78, 5) is 14.1. The molecule has 4 nitrogen and oxygen atoms in total. The average Bonchev–Trinajstić information content (AvgIpc) is 3.13. The van der Waals surface area contributed by atoms with Gasteiger partial charge in [-0.2, -0.15) is 0 Å². The molecule has 2 aliphatic rings. The number of hydrogen-bond acceptors (Lipinski definition) is 3. The number of carbonyl (C=O) groups is 1. The highest BCUT2D eigenvalue weighted by atomic mass is 19.1. The van der Waals surface area contributed by atoms with Crippen molar-refractivity contribution < 1.29 is 14.3 Å². The molecular weight excluding hydrogens is 271 g/mol. The Morgan fingerprint density at radius 3 is 2.71 bits per heavy atom. The number of nitrogens with one attached hydrogen (secondary N) is 1. The Balaban J connectivity index is 1.86. The summed E-state index contributed by atoms with van der Waals surface area (Å²) >= 11 is 0. The van der Waals surface area contributed by atoms with E-state index < -0.39 is 11.5 Å². The van der Waals surface area contributed by atoms with Gasteiger partial charge in [0.2, 0.25) is 0 Å². The van der Waals surface area contributed by atoms with Crippen LogP contribution in [0.1, 0.15) is 31.7 Å². The maximum absolute atomic E-state index is 13.5. The van der Waals surface area contributed by atoms with E-state index in [4.69, 9.17) is 0 Å². The molecule has 21 heavy (non-hydrogen) atoms. The molecular formula is C16H21FN2O2. The van der Waals surface area contributed by atoms with Gasteiger partial charge in [-0.25, -0.2) is 9.18 Å². The number of hydrogen-bond donors (Lipinski definition) is 2. The normalized spacial score (nSPS) is 29.6. The average molecular weight is 292 g/mol. The smallest absolute Gasteiger partial charge is 0.330 e. The quantitative estimate of drug-likeness (QED) is 0.895. The summed E-state index contributed by atoms with van der Waals surface area (Å²) < 4.78 is 13.5. The molecule has 1 aromatic carbocycles. The minimum Gasteiger partial charge on any atom is -0.479 e. The lowest BCUT2D eigenvalue weighted by atomic mass is 9.95. The van der Waals surface area contributed by atoms with Crippen molar-refractivity contribution in [3.63, 3.8) is 0 Å². The monoisotopic (exact) mass is 292 g/mol. The summed E-state index contributed by atoms with van der Waals surface area (Å²) in [5.74, 6) is -1.21. The summed E-state index contributed by atoms with van der Waals surface area (Å²) in [6.45, 7) is 4.35. The molecule has 1 aliphatic heterocycles. The third-order valence-corrected chi connectivity index (χ3v) is 4.51. The van der Waals surface area contributed by atoms with Crippen LogP contribution in [0.5, 0.6) is 0 Å². The largest absolute Gasteiger partial charge is 0.479 e. The van der Waals surface area contributed by atoms with Gasteiger partial charge in [0, 0.05) is 24.3 Å². The van der Waals surface area contributed by atoms with Crippen LogP contribution in [-0.4, -0.2) is 40.1 Å². The number of likely N-dealkylation sites (tertiary alicyclic amines) is 1. The third kappa shape index (κ3) is 2.75. The van der Waals surface area contributed by atoms with Crippen LogP contribution < -0.4 is 5.32 Å². The second-order valence-electron chi connectivity index (χ2n) is 6.49. The number of halogens is 1. The van der Waals surface area contributed by atoms with Crippen molar-refractivity contribution in [2.45, 2.75) is 50.7 Å². The number of benzene rings is 1. The van der Waals surface area contributed by atoms with E-state index in [-0.39, 0.29) is 11.9 Å². The lowest BCUT2D eigenvalue weighted by molar-refractivity contribution is -0.141. The second kappa shape index (κ2) is 4.98. The summed E-state index contributed by atoms with van der Waals surface area (Å²) in [6.07, 6.45) is 2.84. The number of aryl methyl sites for hydroxylation is 1. The molecule has 1 saturated heterocycles. The molecule has 0 bridgehead atoms. The van der Waals surface area contributed by atoms with Crippen molar-refractivity contribution in [3.05, 3.63) is 29.6 Å². The third-order valence-electron chi connectivity index (χ3n) is 4.51. The van der Waals surface area contributed by atoms with Crippen molar-refractivity contribution in [1.82, 2.24) is 4.90 Å². The predicted octanol–water partition coefficient (Wildman–Crippen LogP) is 2.63. The first kappa shape index (κ1) is 14.3. The molecule has 2 atom stereocenters. The van der Waals surface area contributed by atoms with Gasteiger partial charge in [0.15, 0.2) is 0 Å². The number of carboxylic acids is 1. The van der Waals surface area contributed by atoms with Crippen LogP contribution in [0.2, 0.25) is 0 Å². The van der Waals surface area contributed by atoms with Crippen LogP contribution in [0.15, 0.2) is 18.2 Å². The zero-order valence-electron chi connectivity index (χ0n) is 12.4. The number of rotatable bonds is 4. The van der Waals surface area contributed by atoms with Gasteiger partial charge < -0.3 is 10.4 Å². The SMILES string of the molecule is Cc1cc(F)cc(NC2(C(=O)O)CC(C)N(C3CC3)C2)c1. The second-order valence-corrected chi connectivity index (χ2v) is 6.49. The van der Waals surface area contributed by atoms with E-state index in [0.29, 0.717) is 24.7 Å². The Hall–Kier alpha value is -1.62. The van der Waals surface area contributed by atoms with Crippen molar-refractivity contribution in [2.24, 2.45) is 0 Å². The van der Waals surface area contributed by atoms with Gasteiger partial charge in [-0.05, 0) is 56.9 Å². The molecule has 2 unspecified atom stereocenters. The fourth-order valence-electron chi connectivity index (χ4n) is 3.43. The van der Waals surface area contributed by atoms with E-state index in [0.717, 1.165) is 18.4 Å². The lowest BCUT2D eigenvalue weighted by Crippen LogP contribution is -2.49. The lowest BCUT2D eigenvalue weighted by Gasteiger charge is -2.27. The van der Waals surface area contributed by atoms with Gasteiger partial charge in [0.25, 0.3) is 0 Å². The molecule has 114 valence electrons. The molecule has 0 amide bonds. The van der Waals surface area contributed by atoms with Crippen LogP contribution in [0.25, 0.3) is 0 Å². The Labute approximate surface area is 124 Å². The number of nitrogens with zero attached hydrogens (tertiary/aromatic N) is 1. The highest BCUT2D eigenvalue weighted by Crippen LogP contribution is 2.39. The van der Waals surface area contributed by atoms with Crippen LogP contribution >= 0.6 is 0 Å². The minimum absolute atomic E-state index is 0.232. The maximum atomic E-state index is 13.5. The zero-order chi connectivity index (χ0) is 15.2. The molecule has 0 radical (unpaired) electrons. The first-order valence-electron chi connectivity index (χ1n) is 7.44. The fraction of sp³-hybridized carbons (Fsp3) is 0.562. The van der Waals surface area contributed by atoms with Gasteiger partial charge in [0.1, 0.15) is 11.4 Å². The van der Waals surface area contributed by atoms with E-state index in [1.165, 1.54) is 12.1 Å². The Bertz CT molecular complexity index is 553. The van der Waals surface area contributed by atoms with E-state index in [1.54, 1.807) is 13.0 Å². The number of aliphatic carboxylic acids is 1. The molecule has 5 heteroatoms. The first-order valence-corrected chi connectivity index (χ1v) is 7.44. The van der Waals surface area contributed by atoms with E-state index in [1.807, 2.05) is 0 Å². The highest BCUT2D eigenvalue weighted by molar-refractivity contribution is 5.84. The van der Waals surface area contributed by atoms with Crippen molar-refractivity contribution >= 4 is 11.7 Å². The van der Waals surface area contributed by atoms with Crippen LogP contribution in [0.4, 0.5) is 10.1 Å². The fourth-order valence-corrected chi connectivity index (χ4v) is 3.43. The van der Waals surface area contributed by atoms with E-state index >= 15 is 0 Å². The molecule has 1 heterocycles. The molecule has 0 aromatic heterocycles. The van der Waals surface area contributed by atoms with Gasteiger partial charge >= 0.3 is 5.97 Å². The number of anilines is 1. The minimum atomic E-state index is -1.03. The maximum Gasteiger partial charge on any atom is 0.330 e. The van der Waals surface area contributed by atoms with Gasteiger partial charge in [-0.15, -0.1) is 0 Å². The first-order chi connectivity index (χ1) is 9.89. The molecule has 2 fully saturated rings. The van der Waals surface area contributed by atoms with E-state index in [2.05, 4.69) is 17.1 Å². The highest BCUT2D eigenvalue weighted by Gasteiger charge is 2.51. The molecule has 2 N–H and O–H groups in total. The standard InChI is InChI=1S/C16H21FN2O2/c1-10-5-12(17)7-13(6-10)18-16(15(20)21)8-11(2)19(9-16)14-3-4-14/h5-7,11,14,18H,3-4,8-9H2,1-2H3,(H,20,21). The Morgan fingerprint density at radius 2 is 2.14 bits per heavy atom. The molecule has 3 rings (SSSR count). The van der Waals surface area contributed by atoms with E-state index in [9.17, 15) is 14.3 Å². The summed E-state index contributed by atoms with van der Waals surface area (Å²) in [5, 5.41) is 12.8.